The van der Waals surface area contributed by atoms with Crippen LogP contribution in [-0.4, -0.2) is 29.1 Å². The fourth-order valence-corrected chi connectivity index (χ4v) is 3.55. The van der Waals surface area contributed by atoms with E-state index in [0.717, 1.165) is 17.7 Å². The first-order valence-corrected chi connectivity index (χ1v) is 9.04. The maximum absolute atomic E-state index is 13.0. The van der Waals surface area contributed by atoms with E-state index in [2.05, 4.69) is 15.0 Å². The van der Waals surface area contributed by atoms with Crippen molar-refractivity contribution in [3.63, 3.8) is 0 Å². The number of aromatic nitrogens is 3. The van der Waals surface area contributed by atoms with Crippen molar-refractivity contribution >= 4 is 21.0 Å². The van der Waals surface area contributed by atoms with Gasteiger partial charge >= 0.3 is 6.18 Å². The molecular formula is C16H14F3N3O2S. The molecule has 25 heavy (non-hydrogen) atoms. The molecule has 0 amide bonds. The van der Waals surface area contributed by atoms with E-state index in [1.807, 2.05) is 6.92 Å². The first kappa shape index (κ1) is 17.4. The number of sulfone groups is 1. The van der Waals surface area contributed by atoms with Crippen molar-refractivity contribution in [2.24, 2.45) is 0 Å². The van der Waals surface area contributed by atoms with E-state index in [1.165, 1.54) is 6.92 Å². The topological polar surface area (TPSA) is 75.7 Å². The molecule has 0 aliphatic rings. The minimum absolute atomic E-state index is 0.0884. The normalized spacial score (nSPS) is 12.7. The largest absolute Gasteiger partial charge is 0.416 e. The van der Waals surface area contributed by atoms with E-state index < -0.39 is 26.5 Å². The molecule has 0 aliphatic heterocycles. The maximum Gasteiger partial charge on any atom is 0.416 e. The number of rotatable bonds is 3. The van der Waals surface area contributed by atoms with Crippen molar-refractivity contribution in [2.45, 2.75) is 24.9 Å². The molecular weight excluding hydrogens is 355 g/mol. The van der Waals surface area contributed by atoms with Gasteiger partial charge in [-0.25, -0.2) is 18.4 Å². The van der Waals surface area contributed by atoms with Crippen LogP contribution in [0.5, 0.6) is 0 Å². The highest BCUT2D eigenvalue weighted by atomic mass is 32.2. The minimum atomic E-state index is -4.64. The Kier molecular flexibility index (Phi) is 4.06. The quantitative estimate of drug-likeness (QED) is 0.763. The van der Waals surface area contributed by atoms with Crippen LogP contribution in [0.4, 0.5) is 13.2 Å². The zero-order valence-electron chi connectivity index (χ0n) is 13.3. The number of fused-ring (bicyclic) bond motifs is 1. The van der Waals surface area contributed by atoms with E-state index in [9.17, 15) is 21.6 Å². The van der Waals surface area contributed by atoms with Crippen molar-refractivity contribution in [1.82, 2.24) is 15.0 Å². The molecule has 1 N–H and O–H groups in total. The molecule has 5 nitrogen and oxygen atoms in total. The van der Waals surface area contributed by atoms with Crippen LogP contribution < -0.4 is 0 Å². The lowest BCUT2D eigenvalue weighted by atomic mass is 10.1. The Morgan fingerprint density at radius 1 is 1.20 bits per heavy atom. The third kappa shape index (κ3) is 3.23. The molecule has 0 saturated heterocycles. The summed E-state index contributed by atoms with van der Waals surface area (Å²) in [6, 6.07) is 4.37. The highest BCUT2D eigenvalue weighted by Gasteiger charge is 2.33. The van der Waals surface area contributed by atoms with Gasteiger partial charge < -0.3 is 4.98 Å². The molecule has 0 unspecified atom stereocenters. The zero-order chi connectivity index (χ0) is 18.4. The van der Waals surface area contributed by atoms with E-state index in [1.54, 1.807) is 12.3 Å². The van der Waals surface area contributed by atoms with Gasteiger partial charge in [-0.1, -0.05) is 6.92 Å². The minimum Gasteiger partial charge on any atom is -0.323 e. The molecule has 9 heteroatoms. The molecule has 1 aromatic carbocycles. The maximum atomic E-state index is 13.0. The number of hydrogen-bond donors (Lipinski definition) is 1. The van der Waals surface area contributed by atoms with Crippen LogP contribution in [0.3, 0.4) is 0 Å². The summed E-state index contributed by atoms with van der Waals surface area (Å²) in [4.78, 5) is 10.9. The van der Waals surface area contributed by atoms with Crippen LogP contribution in [-0.2, 0) is 16.0 Å². The third-order valence-corrected chi connectivity index (χ3v) is 5.52. The third-order valence-electron chi connectivity index (χ3n) is 3.75. The summed E-state index contributed by atoms with van der Waals surface area (Å²) < 4.78 is 63.6. The van der Waals surface area contributed by atoms with Gasteiger partial charge in [0.25, 0.3) is 0 Å². The van der Waals surface area contributed by atoms with Crippen LogP contribution in [0.2, 0.25) is 0 Å². The smallest absolute Gasteiger partial charge is 0.323 e. The van der Waals surface area contributed by atoms with Crippen molar-refractivity contribution in [3.8, 4) is 11.4 Å². The molecule has 132 valence electrons. The highest BCUT2D eigenvalue weighted by molar-refractivity contribution is 7.91. The van der Waals surface area contributed by atoms with E-state index in [-0.39, 0.29) is 17.1 Å². The first-order chi connectivity index (χ1) is 11.6. The second-order valence-electron chi connectivity index (χ2n) is 5.58. The molecule has 3 rings (SSSR count). The number of benzene rings is 1. The van der Waals surface area contributed by atoms with Gasteiger partial charge in [0.1, 0.15) is 11.3 Å². The number of halogens is 3. The molecule has 0 fully saturated rings. The zero-order valence-corrected chi connectivity index (χ0v) is 14.2. The van der Waals surface area contributed by atoms with Crippen LogP contribution in [0, 0.1) is 6.92 Å². The lowest BCUT2D eigenvalue weighted by molar-refractivity contribution is -0.137. The standard InChI is InChI=1S/C16H14F3N3O2S/c1-3-25(23,24)13-7-10(16(17,18)19)4-5-11(13)14-21-12-6-9(2)8-20-15(12)22-14/h4-8H,3H2,1-2H3,(H,20,21,22). The second kappa shape index (κ2) is 5.83. The molecule has 0 aliphatic carbocycles. The van der Waals surface area contributed by atoms with Crippen molar-refractivity contribution in [1.29, 1.82) is 0 Å². The number of aromatic amines is 1. The Hall–Kier alpha value is -2.42. The fourth-order valence-electron chi connectivity index (χ4n) is 2.43. The molecule has 3 aromatic rings. The van der Waals surface area contributed by atoms with E-state index in [4.69, 9.17) is 0 Å². The number of alkyl halides is 3. The summed E-state index contributed by atoms with van der Waals surface area (Å²) in [5.74, 6) is -0.160. The predicted molar refractivity (Wildman–Crippen MR) is 86.8 cm³/mol. The van der Waals surface area contributed by atoms with E-state index >= 15 is 0 Å². The van der Waals surface area contributed by atoms with Crippen molar-refractivity contribution in [3.05, 3.63) is 41.6 Å². The van der Waals surface area contributed by atoms with E-state index in [0.29, 0.717) is 17.2 Å². The van der Waals surface area contributed by atoms with Crippen LogP contribution in [0.1, 0.15) is 18.1 Å². The Labute approximate surface area is 141 Å². The number of nitrogens with one attached hydrogen (secondary N) is 1. The summed E-state index contributed by atoms with van der Waals surface area (Å²) in [5.41, 5.74) is 0.869. The van der Waals surface area contributed by atoms with Crippen molar-refractivity contribution < 1.29 is 21.6 Å². The number of H-pyrrole nitrogens is 1. The molecule has 2 heterocycles. The van der Waals surface area contributed by atoms with Gasteiger partial charge in [0.15, 0.2) is 15.5 Å². The summed E-state index contributed by atoms with van der Waals surface area (Å²) in [5, 5.41) is 0. The van der Waals surface area contributed by atoms with Gasteiger partial charge in [-0.2, -0.15) is 13.2 Å². The van der Waals surface area contributed by atoms with Gasteiger partial charge in [-0.3, -0.25) is 0 Å². The number of nitrogens with zero attached hydrogens (tertiary/aromatic N) is 2. The first-order valence-electron chi connectivity index (χ1n) is 7.38. The average molecular weight is 369 g/mol. The molecule has 0 bridgehead atoms. The number of imidazole rings is 1. The summed E-state index contributed by atoms with van der Waals surface area (Å²) in [6.07, 6.45) is -3.02. The summed E-state index contributed by atoms with van der Waals surface area (Å²) >= 11 is 0. The number of aryl methyl sites for hydroxylation is 1. The molecule has 0 radical (unpaired) electrons. The number of hydrogen-bond acceptors (Lipinski definition) is 4. The van der Waals surface area contributed by atoms with Gasteiger partial charge in [0.05, 0.1) is 16.2 Å². The number of pyridine rings is 1. The molecule has 0 saturated carbocycles. The molecule has 2 aromatic heterocycles. The fraction of sp³-hybridized carbons (Fsp3) is 0.250. The second-order valence-corrected chi connectivity index (χ2v) is 7.82. The summed E-state index contributed by atoms with van der Waals surface area (Å²) in [7, 11) is -3.89. The Morgan fingerprint density at radius 2 is 1.92 bits per heavy atom. The van der Waals surface area contributed by atoms with Crippen LogP contribution in [0.15, 0.2) is 35.4 Å². The molecule has 0 spiro atoms. The van der Waals surface area contributed by atoms with Crippen molar-refractivity contribution in [2.75, 3.05) is 5.75 Å². The predicted octanol–water partition coefficient (Wildman–Crippen LogP) is 3.75. The monoisotopic (exact) mass is 369 g/mol. The Balaban J connectivity index is 2.26. The lowest BCUT2D eigenvalue weighted by Gasteiger charge is -2.12. The van der Waals surface area contributed by atoms with Gasteiger partial charge in [-0.05, 0) is 36.8 Å². The summed E-state index contributed by atoms with van der Waals surface area (Å²) in [6.45, 7) is 3.20. The van der Waals surface area contributed by atoms with Gasteiger partial charge in [0, 0.05) is 11.8 Å². The van der Waals surface area contributed by atoms with Crippen LogP contribution in [0.25, 0.3) is 22.6 Å². The lowest BCUT2D eigenvalue weighted by Crippen LogP contribution is -2.11. The highest BCUT2D eigenvalue weighted by Crippen LogP contribution is 2.35. The Bertz CT molecular complexity index is 1060. The molecule has 0 atom stereocenters. The van der Waals surface area contributed by atoms with Crippen LogP contribution >= 0.6 is 0 Å². The SMILES string of the molecule is CCS(=O)(=O)c1cc(C(F)(F)F)ccc1-c1nc2cc(C)cnc2[nH]1. The van der Waals surface area contributed by atoms with Gasteiger partial charge in [-0.15, -0.1) is 0 Å². The van der Waals surface area contributed by atoms with Gasteiger partial charge in [0.2, 0.25) is 0 Å². The Morgan fingerprint density at radius 3 is 2.56 bits per heavy atom. The average Bonchev–Trinajstić information content (AvgIpc) is 2.96.